The molecule has 1 heterocycles. The van der Waals surface area contributed by atoms with Gasteiger partial charge in [0.05, 0.1) is 13.7 Å². The lowest BCUT2D eigenvalue weighted by molar-refractivity contribution is -0.119. The van der Waals surface area contributed by atoms with E-state index in [1.54, 1.807) is 7.11 Å². The van der Waals surface area contributed by atoms with Crippen molar-refractivity contribution >= 4 is 5.91 Å². The smallest absolute Gasteiger partial charge is 0.220 e. The number of rotatable bonds is 5. The van der Waals surface area contributed by atoms with Crippen LogP contribution in [-0.2, 0) is 11.2 Å². The van der Waals surface area contributed by atoms with Crippen LogP contribution in [0.15, 0.2) is 18.2 Å². The first-order chi connectivity index (χ1) is 8.74. The Balaban J connectivity index is 2.16. The fraction of sp³-hybridized carbons (Fsp3) is 0.500. The molecule has 0 aromatic heterocycles. The fourth-order valence-corrected chi connectivity index (χ4v) is 2.32. The van der Waals surface area contributed by atoms with E-state index in [2.05, 4.69) is 5.32 Å². The Hall–Kier alpha value is -1.71. The largest absolute Gasteiger partial charge is 0.493 e. The second-order valence-electron chi connectivity index (χ2n) is 4.39. The zero-order chi connectivity index (χ0) is 13.0. The molecule has 1 aromatic rings. The number of methoxy groups -OCH3 is 1. The summed E-state index contributed by atoms with van der Waals surface area (Å²) in [6.45, 7) is 2.56. The van der Waals surface area contributed by atoms with Crippen LogP contribution in [0.1, 0.15) is 25.3 Å². The molecular weight excluding hydrogens is 230 g/mol. The number of hydrogen-bond donors (Lipinski definition) is 1. The highest BCUT2D eigenvalue weighted by Gasteiger charge is 2.22. The summed E-state index contributed by atoms with van der Waals surface area (Å²) in [5, 5.41) is 2.97. The first-order valence-electron chi connectivity index (χ1n) is 6.32. The summed E-state index contributed by atoms with van der Waals surface area (Å²) >= 11 is 0. The van der Waals surface area contributed by atoms with Crippen LogP contribution >= 0.6 is 0 Å². The molecular formula is C14H19NO3. The minimum absolute atomic E-state index is 0.139. The lowest BCUT2D eigenvalue weighted by Crippen LogP contribution is -2.27. The Morgan fingerprint density at radius 3 is 2.89 bits per heavy atom. The first-order valence-corrected chi connectivity index (χ1v) is 6.32. The van der Waals surface area contributed by atoms with Crippen LogP contribution in [-0.4, -0.2) is 25.7 Å². The molecule has 4 nitrogen and oxygen atoms in total. The number of carbonyl (C=O) groups excluding carboxylic acids is 1. The van der Waals surface area contributed by atoms with Crippen molar-refractivity contribution in [1.29, 1.82) is 0 Å². The molecule has 0 spiro atoms. The summed E-state index contributed by atoms with van der Waals surface area (Å²) in [4.78, 5) is 11.2. The van der Waals surface area contributed by atoms with E-state index in [0.717, 1.165) is 29.9 Å². The van der Waals surface area contributed by atoms with Gasteiger partial charge in [-0.1, -0.05) is 12.1 Å². The molecule has 1 unspecified atom stereocenters. The van der Waals surface area contributed by atoms with Crippen molar-refractivity contribution in [3.8, 4) is 11.5 Å². The average molecular weight is 249 g/mol. The number of amides is 1. The third-order valence-corrected chi connectivity index (χ3v) is 3.12. The minimum Gasteiger partial charge on any atom is -0.493 e. The normalized spacial score (nSPS) is 18.6. The lowest BCUT2D eigenvalue weighted by atomic mass is 10.0. The van der Waals surface area contributed by atoms with Gasteiger partial charge in [-0.05, 0) is 25.8 Å². The molecule has 1 atom stereocenters. The Morgan fingerprint density at radius 1 is 1.44 bits per heavy atom. The summed E-state index contributed by atoms with van der Waals surface area (Å²) in [7, 11) is 1.65. The van der Waals surface area contributed by atoms with Gasteiger partial charge in [0.1, 0.15) is 0 Å². The highest BCUT2D eigenvalue weighted by Crippen LogP contribution is 2.32. The Morgan fingerprint density at radius 2 is 2.28 bits per heavy atom. The molecule has 18 heavy (non-hydrogen) atoms. The van der Waals surface area contributed by atoms with Gasteiger partial charge in [-0.2, -0.15) is 0 Å². The summed E-state index contributed by atoms with van der Waals surface area (Å²) in [6, 6.07) is 6.09. The van der Waals surface area contributed by atoms with Crippen molar-refractivity contribution < 1.29 is 14.3 Å². The molecule has 1 fully saturated rings. The number of hydrogen-bond acceptors (Lipinski definition) is 3. The van der Waals surface area contributed by atoms with Crippen molar-refractivity contribution in [2.24, 2.45) is 0 Å². The Kier molecular flexibility index (Phi) is 4.07. The predicted molar refractivity (Wildman–Crippen MR) is 69.0 cm³/mol. The Labute approximate surface area is 107 Å². The van der Waals surface area contributed by atoms with E-state index < -0.39 is 0 Å². The molecule has 4 heteroatoms. The second-order valence-corrected chi connectivity index (χ2v) is 4.39. The van der Waals surface area contributed by atoms with Crippen LogP contribution in [0.4, 0.5) is 0 Å². The number of carbonyl (C=O) groups is 1. The van der Waals surface area contributed by atoms with Gasteiger partial charge in [0.15, 0.2) is 11.5 Å². The van der Waals surface area contributed by atoms with Crippen LogP contribution in [0.25, 0.3) is 0 Å². The van der Waals surface area contributed by atoms with Gasteiger partial charge in [-0.3, -0.25) is 4.79 Å². The van der Waals surface area contributed by atoms with E-state index in [9.17, 15) is 4.79 Å². The van der Waals surface area contributed by atoms with Crippen molar-refractivity contribution in [2.45, 2.75) is 32.2 Å². The maximum atomic E-state index is 11.2. The predicted octanol–water partition coefficient (Wildman–Crippen LogP) is 1.91. The zero-order valence-corrected chi connectivity index (χ0v) is 10.9. The van der Waals surface area contributed by atoms with Gasteiger partial charge in [-0.15, -0.1) is 0 Å². The molecule has 1 aromatic carbocycles. The van der Waals surface area contributed by atoms with E-state index in [-0.39, 0.29) is 11.9 Å². The van der Waals surface area contributed by atoms with Gasteiger partial charge in [0, 0.05) is 18.0 Å². The highest BCUT2D eigenvalue weighted by atomic mass is 16.5. The minimum atomic E-state index is 0.139. The van der Waals surface area contributed by atoms with Gasteiger partial charge >= 0.3 is 0 Å². The van der Waals surface area contributed by atoms with Gasteiger partial charge in [-0.25, -0.2) is 0 Å². The molecule has 0 radical (unpaired) electrons. The third kappa shape index (κ3) is 2.75. The molecule has 98 valence electrons. The van der Waals surface area contributed by atoms with Crippen LogP contribution in [0.5, 0.6) is 11.5 Å². The monoisotopic (exact) mass is 249 g/mol. The van der Waals surface area contributed by atoms with Crippen LogP contribution in [0.2, 0.25) is 0 Å². The fourth-order valence-electron chi connectivity index (χ4n) is 2.32. The first kappa shape index (κ1) is 12.7. The summed E-state index contributed by atoms with van der Waals surface area (Å²) in [6.07, 6.45) is 2.30. The van der Waals surface area contributed by atoms with Crippen molar-refractivity contribution in [3.05, 3.63) is 23.8 Å². The summed E-state index contributed by atoms with van der Waals surface area (Å²) in [5.41, 5.74) is 1.08. The number of ether oxygens (including phenoxy) is 2. The SMILES string of the molecule is CCOc1cccc(CC2CCC(=O)N2)c1OC. The second kappa shape index (κ2) is 5.76. The molecule has 1 saturated heterocycles. The summed E-state index contributed by atoms with van der Waals surface area (Å²) < 4.78 is 11.0. The molecule has 1 amide bonds. The molecule has 1 aliphatic rings. The van der Waals surface area contributed by atoms with E-state index in [4.69, 9.17) is 9.47 Å². The topological polar surface area (TPSA) is 47.6 Å². The van der Waals surface area contributed by atoms with E-state index in [1.165, 1.54) is 0 Å². The average Bonchev–Trinajstić information content (AvgIpc) is 2.76. The maximum Gasteiger partial charge on any atom is 0.220 e. The molecule has 1 aliphatic heterocycles. The van der Waals surface area contributed by atoms with E-state index >= 15 is 0 Å². The van der Waals surface area contributed by atoms with Crippen LogP contribution in [0, 0.1) is 0 Å². The lowest BCUT2D eigenvalue weighted by Gasteiger charge is -2.16. The molecule has 2 rings (SSSR count). The Bertz CT molecular complexity index is 431. The summed E-state index contributed by atoms with van der Waals surface area (Å²) in [5.74, 6) is 1.68. The number of para-hydroxylation sites is 1. The van der Waals surface area contributed by atoms with Gasteiger partial charge in [0.25, 0.3) is 0 Å². The standard InChI is InChI=1S/C14H19NO3/c1-3-18-12-6-4-5-10(14(12)17-2)9-11-7-8-13(16)15-11/h4-6,11H,3,7-9H2,1-2H3,(H,15,16). The van der Waals surface area contributed by atoms with Gasteiger partial charge < -0.3 is 14.8 Å². The van der Waals surface area contributed by atoms with E-state index in [0.29, 0.717) is 13.0 Å². The maximum absolute atomic E-state index is 11.2. The van der Waals surface area contributed by atoms with Crippen molar-refractivity contribution in [2.75, 3.05) is 13.7 Å². The molecule has 0 saturated carbocycles. The number of benzene rings is 1. The molecule has 0 bridgehead atoms. The van der Waals surface area contributed by atoms with E-state index in [1.807, 2.05) is 25.1 Å². The zero-order valence-electron chi connectivity index (χ0n) is 10.9. The highest BCUT2D eigenvalue weighted by molar-refractivity contribution is 5.78. The van der Waals surface area contributed by atoms with Crippen LogP contribution in [0.3, 0.4) is 0 Å². The van der Waals surface area contributed by atoms with Crippen LogP contribution < -0.4 is 14.8 Å². The van der Waals surface area contributed by atoms with Crippen molar-refractivity contribution in [3.63, 3.8) is 0 Å². The van der Waals surface area contributed by atoms with Gasteiger partial charge in [0.2, 0.25) is 5.91 Å². The number of nitrogens with one attached hydrogen (secondary N) is 1. The van der Waals surface area contributed by atoms with Crippen molar-refractivity contribution in [1.82, 2.24) is 5.32 Å². The third-order valence-electron chi connectivity index (χ3n) is 3.12. The molecule has 1 N–H and O–H groups in total. The molecule has 0 aliphatic carbocycles. The quantitative estimate of drug-likeness (QED) is 0.867.